The molecule has 1 aliphatic heterocycles. The number of benzene rings is 2. The number of hydrogen-bond acceptors (Lipinski definition) is 3. The molecule has 27 heavy (non-hydrogen) atoms. The summed E-state index contributed by atoms with van der Waals surface area (Å²) in [6, 6.07) is 13.5. The number of nitrogens with zero attached hydrogens (tertiary/aromatic N) is 1. The number of halogens is 1. The number of anilines is 1. The van der Waals surface area contributed by atoms with Crippen molar-refractivity contribution in [2.75, 3.05) is 38.2 Å². The van der Waals surface area contributed by atoms with Crippen LogP contribution in [0.15, 0.2) is 42.5 Å². The molecule has 2 N–H and O–H groups in total. The highest BCUT2D eigenvalue weighted by Crippen LogP contribution is 2.18. The number of ether oxygens (including phenoxy) is 1. The molecule has 1 aliphatic rings. The molecule has 2 aromatic rings. The lowest BCUT2D eigenvalue weighted by Gasteiger charge is -2.31. The molecule has 3 rings (SSSR count). The summed E-state index contributed by atoms with van der Waals surface area (Å²) in [6.45, 7) is 7.98. The second-order valence-electron chi connectivity index (χ2n) is 6.94. The summed E-state index contributed by atoms with van der Waals surface area (Å²) in [5.41, 5.74) is 3.65. The number of nitrogens with one attached hydrogen (secondary N) is 2. The number of aryl methyl sites for hydroxylation is 2. The summed E-state index contributed by atoms with van der Waals surface area (Å²) < 4.78 is 19.2. The largest absolute Gasteiger partial charge is 0.379 e. The molecule has 0 bridgehead atoms. The van der Waals surface area contributed by atoms with Crippen LogP contribution in [0.25, 0.3) is 0 Å². The van der Waals surface area contributed by atoms with Crippen LogP contribution < -0.4 is 10.6 Å². The van der Waals surface area contributed by atoms with E-state index in [9.17, 15) is 4.39 Å². The van der Waals surface area contributed by atoms with Crippen molar-refractivity contribution in [3.05, 3.63) is 65.0 Å². The SMILES string of the molecule is Cc1ccc([C@@H](CN2CCOCC2)NC(=S)Nc2ccc(C)c(F)c2)cc1. The van der Waals surface area contributed by atoms with E-state index in [1.807, 2.05) is 6.07 Å². The van der Waals surface area contributed by atoms with E-state index in [0.29, 0.717) is 16.4 Å². The Morgan fingerprint density at radius 3 is 2.52 bits per heavy atom. The topological polar surface area (TPSA) is 36.5 Å². The molecule has 1 fully saturated rings. The van der Waals surface area contributed by atoms with Gasteiger partial charge in [0.25, 0.3) is 0 Å². The van der Waals surface area contributed by atoms with Gasteiger partial charge in [0.1, 0.15) is 5.82 Å². The molecule has 0 spiro atoms. The van der Waals surface area contributed by atoms with E-state index in [1.54, 1.807) is 13.0 Å². The third-order valence-corrected chi connectivity index (χ3v) is 4.98. The zero-order valence-electron chi connectivity index (χ0n) is 15.8. The quantitative estimate of drug-likeness (QED) is 0.763. The monoisotopic (exact) mass is 387 g/mol. The molecule has 2 aromatic carbocycles. The molecule has 0 saturated carbocycles. The summed E-state index contributed by atoms with van der Waals surface area (Å²) in [5.74, 6) is -0.244. The van der Waals surface area contributed by atoms with Crippen LogP contribution in [0.3, 0.4) is 0 Å². The van der Waals surface area contributed by atoms with Crippen molar-refractivity contribution < 1.29 is 9.13 Å². The lowest BCUT2D eigenvalue weighted by Crippen LogP contribution is -2.44. The highest BCUT2D eigenvalue weighted by atomic mass is 32.1. The molecule has 6 heteroatoms. The summed E-state index contributed by atoms with van der Waals surface area (Å²) in [6.07, 6.45) is 0. The van der Waals surface area contributed by atoms with Gasteiger partial charge in [0.2, 0.25) is 0 Å². The van der Waals surface area contributed by atoms with Crippen LogP contribution in [0, 0.1) is 19.7 Å². The molecular formula is C21H26FN3OS. The fraction of sp³-hybridized carbons (Fsp3) is 0.381. The van der Waals surface area contributed by atoms with E-state index < -0.39 is 0 Å². The van der Waals surface area contributed by atoms with Crippen molar-refractivity contribution in [1.29, 1.82) is 0 Å². The average molecular weight is 388 g/mol. The summed E-state index contributed by atoms with van der Waals surface area (Å²) in [7, 11) is 0. The molecule has 0 amide bonds. The van der Waals surface area contributed by atoms with Gasteiger partial charge in [-0.2, -0.15) is 0 Å². The normalized spacial score (nSPS) is 16.0. The van der Waals surface area contributed by atoms with Crippen molar-refractivity contribution in [3.63, 3.8) is 0 Å². The molecule has 0 radical (unpaired) electrons. The van der Waals surface area contributed by atoms with Gasteiger partial charge >= 0.3 is 0 Å². The lowest BCUT2D eigenvalue weighted by atomic mass is 10.0. The van der Waals surface area contributed by atoms with Gasteiger partial charge in [0.05, 0.1) is 19.3 Å². The van der Waals surface area contributed by atoms with Crippen molar-refractivity contribution in [2.45, 2.75) is 19.9 Å². The maximum absolute atomic E-state index is 13.8. The van der Waals surface area contributed by atoms with Crippen LogP contribution in [0.5, 0.6) is 0 Å². The van der Waals surface area contributed by atoms with E-state index in [2.05, 4.69) is 46.7 Å². The van der Waals surface area contributed by atoms with Gasteiger partial charge in [-0.15, -0.1) is 0 Å². The second kappa shape index (κ2) is 9.26. The molecule has 4 nitrogen and oxygen atoms in total. The van der Waals surface area contributed by atoms with Gasteiger partial charge in [-0.05, 0) is 49.3 Å². The first-order valence-electron chi connectivity index (χ1n) is 9.21. The van der Waals surface area contributed by atoms with Crippen LogP contribution in [-0.2, 0) is 4.74 Å². The van der Waals surface area contributed by atoms with Gasteiger partial charge in [-0.1, -0.05) is 35.9 Å². The minimum Gasteiger partial charge on any atom is -0.379 e. The average Bonchev–Trinajstić information content (AvgIpc) is 2.66. The maximum atomic E-state index is 13.8. The zero-order valence-corrected chi connectivity index (χ0v) is 16.6. The summed E-state index contributed by atoms with van der Waals surface area (Å²) in [5, 5.41) is 6.98. The Bertz CT molecular complexity index is 775. The fourth-order valence-corrected chi connectivity index (χ4v) is 3.33. The van der Waals surface area contributed by atoms with E-state index in [-0.39, 0.29) is 11.9 Å². The number of morpholine rings is 1. The van der Waals surface area contributed by atoms with Gasteiger partial charge in [-0.3, -0.25) is 4.90 Å². The predicted molar refractivity (Wildman–Crippen MR) is 112 cm³/mol. The number of rotatable bonds is 5. The molecule has 0 aromatic heterocycles. The molecular weight excluding hydrogens is 361 g/mol. The van der Waals surface area contributed by atoms with Gasteiger partial charge < -0.3 is 15.4 Å². The van der Waals surface area contributed by atoms with Gasteiger partial charge in [0, 0.05) is 25.3 Å². The standard InChI is InChI=1S/C21H26FN3OS/c1-15-3-6-17(7-4-15)20(14-25-9-11-26-12-10-25)24-21(27)23-18-8-5-16(2)19(22)13-18/h3-8,13,20H,9-12,14H2,1-2H3,(H2,23,24,27)/t20-/m1/s1. The number of thiocarbonyl (C=S) groups is 1. The van der Waals surface area contributed by atoms with Crippen LogP contribution in [-0.4, -0.2) is 42.9 Å². The molecule has 0 unspecified atom stereocenters. The minimum atomic E-state index is -0.244. The highest BCUT2D eigenvalue weighted by Gasteiger charge is 2.19. The first-order valence-corrected chi connectivity index (χ1v) is 9.62. The first-order chi connectivity index (χ1) is 13.0. The van der Waals surface area contributed by atoms with Crippen LogP contribution in [0.1, 0.15) is 22.7 Å². The zero-order chi connectivity index (χ0) is 19.2. The molecule has 1 saturated heterocycles. The predicted octanol–water partition coefficient (Wildman–Crippen LogP) is 3.80. The summed E-state index contributed by atoms with van der Waals surface area (Å²) in [4.78, 5) is 2.37. The van der Waals surface area contributed by atoms with Crippen molar-refractivity contribution >= 4 is 23.0 Å². The lowest BCUT2D eigenvalue weighted by molar-refractivity contribution is 0.0344. The van der Waals surface area contributed by atoms with Crippen LogP contribution >= 0.6 is 12.2 Å². The fourth-order valence-electron chi connectivity index (χ4n) is 3.07. The minimum absolute atomic E-state index is 0.0407. The third kappa shape index (κ3) is 5.73. The van der Waals surface area contributed by atoms with Crippen LogP contribution in [0.4, 0.5) is 10.1 Å². The Labute approximate surface area is 165 Å². The number of hydrogen-bond donors (Lipinski definition) is 2. The molecule has 0 aliphatic carbocycles. The van der Waals surface area contributed by atoms with Crippen LogP contribution in [0.2, 0.25) is 0 Å². The van der Waals surface area contributed by atoms with Gasteiger partial charge in [-0.25, -0.2) is 4.39 Å². The third-order valence-electron chi connectivity index (χ3n) is 4.76. The van der Waals surface area contributed by atoms with E-state index >= 15 is 0 Å². The Hall–Kier alpha value is -2.02. The smallest absolute Gasteiger partial charge is 0.171 e. The molecule has 1 heterocycles. The van der Waals surface area contributed by atoms with E-state index in [4.69, 9.17) is 17.0 Å². The van der Waals surface area contributed by atoms with Crippen molar-refractivity contribution in [1.82, 2.24) is 10.2 Å². The van der Waals surface area contributed by atoms with Crippen molar-refractivity contribution in [2.24, 2.45) is 0 Å². The Morgan fingerprint density at radius 1 is 1.15 bits per heavy atom. The van der Waals surface area contributed by atoms with Gasteiger partial charge in [0.15, 0.2) is 5.11 Å². The van der Waals surface area contributed by atoms with E-state index in [1.165, 1.54) is 17.2 Å². The Balaban J connectivity index is 1.70. The Morgan fingerprint density at radius 2 is 1.85 bits per heavy atom. The highest BCUT2D eigenvalue weighted by molar-refractivity contribution is 7.80. The molecule has 144 valence electrons. The Kier molecular flexibility index (Phi) is 6.77. The second-order valence-corrected chi connectivity index (χ2v) is 7.35. The maximum Gasteiger partial charge on any atom is 0.171 e. The van der Waals surface area contributed by atoms with Crippen molar-refractivity contribution in [3.8, 4) is 0 Å². The van der Waals surface area contributed by atoms with E-state index in [0.717, 1.165) is 32.8 Å². The first kappa shape index (κ1) is 19.7. The molecule has 1 atom stereocenters. The summed E-state index contributed by atoms with van der Waals surface area (Å²) >= 11 is 5.49.